The quantitative estimate of drug-likeness (QED) is 0.526. The van der Waals surface area contributed by atoms with Crippen LogP contribution in [0, 0.1) is 11.8 Å². The number of fused-ring (bicyclic) bond motifs is 1. The molecule has 0 radical (unpaired) electrons. The van der Waals surface area contributed by atoms with E-state index >= 15 is 0 Å². The zero-order valence-corrected chi connectivity index (χ0v) is 8.66. The Morgan fingerprint density at radius 1 is 1.44 bits per heavy atom. The number of aldehydes is 1. The number of carbonyl (C=O) groups is 2. The molecule has 1 aromatic carbocycles. The Balaban J connectivity index is 2.31. The van der Waals surface area contributed by atoms with Crippen LogP contribution in [0.15, 0.2) is 18.2 Å². The average molecular weight is 214 g/mol. The van der Waals surface area contributed by atoms with Crippen molar-refractivity contribution in [2.24, 2.45) is 0 Å². The molecule has 3 nitrogen and oxygen atoms in total. The maximum atomic E-state index is 11.6. The van der Waals surface area contributed by atoms with E-state index in [0.717, 1.165) is 11.8 Å². The summed E-state index contributed by atoms with van der Waals surface area (Å²) >= 11 is 0. The van der Waals surface area contributed by atoms with Crippen LogP contribution in [0.1, 0.15) is 28.8 Å². The van der Waals surface area contributed by atoms with Crippen LogP contribution in [0.2, 0.25) is 0 Å². The van der Waals surface area contributed by atoms with Gasteiger partial charge in [0.2, 0.25) is 0 Å². The Morgan fingerprint density at radius 3 is 3.12 bits per heavy atom. The molecule has 80 valence electrons. The van der Waals surface area contributed by atoms with Crippen LogP contribution in [-0.4, -0.2) is 18.7 Å². The Kier molecular flexibility index (Phi) is 3.02. The summed E-state index contributed by atoms with van der Waals surface area (Å²) in [5.41, 5.74) is 1.32. The molecule has 0 spiro atoms. The van der Waals surface area contributed by atoms with Crippen molar-refractivity contribution in [2.45, 2.75) is 12.8 Å². The Bertz CT molecular complexity index is 492. The molecule has 16 heavy (non-hydrogen) atoms. The van der Waals surface area contributed by atoms with Gasteiger partial charge in [0.15, 0.2) is 5.78 Å². The molecular weight excluding hydrogens is 204 g/mol. The number of benzene rings is 1. The summed E-state index contributed by atoms with van der Waals surface area (Å²) in [5, 5.41) is 0. The summed E-state index contributed by atoms with van der Waals surface area (Å²) in [5.74, 6) is 6.24. The third-order valence-electron chi connectivity index (χ3n) is 2.28. The first-order valence-electron chi connectivity index (χ1n) is 5.04. The molecule has 0 amide bonds. The number of hydrogen-bond donors (Lipinski definition) is 0. The van der Waals surface area contributed by atoms with E-state index in [0.29, 0.717) is 24.3 Å². The fourth-order valence-electron chi connectivity index (χ4n) is 1.53. The van der Waals surface area contributed by atoms with Gasteiger partial charge in [-0.15, -0.1) is 0 Å². The zero-order chi connectivity index (χ0) is 11.4. The highest BCUT2D eigenvalue weighted by Gasteiger charge is 2.17. The smallest absolute Gasteiger partial charge is 0.170 e. The Hall–Kier alpha value is -2.08. The summed E-state index contributed by atoms with van der Waals surface area (Å²) in [6.07, 6.45) is 1.37. The summed E-state index contributed by atoms with van der Waals surface area (Å²) in [4.78, 5) is 21.7. The lowest BCUT2D eigenvalue weighted by Crippen LogP contribution is -2.15. The highest BCUT2D eigenvalue weighted by molar-refractivity contribution is 5.99. The van der Waals surface area contributed by atoms with Gasteiger partial charge in [-0.1, -0.05) is 11.8 Å². The van der Waals surface area contributed by atoms with E-state index in [1.54, 1.807) is 18.2 Å². The minimum Gasteiger partial charge on any atom is -0.492 e. The summed E-state index contributed by atoms with van der Waals surface area (Å²) in [6.45, 7) is 0.446. The Labute approximate surface area is 93.4 Å². The van der Waals surface area contributed by atoms with Crippen molar-refractivity contribution in [3.8, 4) is 17.6 Å². The van der Waals surface area contributed by atoms with E-state index in [2.05, 4.69) is 11.8 Å². The minimum absolute atomic E-state index is 0.0836. The molecule has 0 saturated carbocycles. The molecule has 0 aromatic heterocycles. The first-order valence-corrected chi connectivity index (χ1v) is 5.04. The van der Waals surface area contributed by atoms with Crippen LogP contribution in [0.5, 0.6) is 5.75 Å². The molecule has 1 aliphatic rings. The topological polar surface area (TPSA) is 43.4 Å². The first-order chi connectivity index (χ1) is 7.81. The van der Waals surface area contributed by atoms with Crippen LogP contribution < -0.4 is 4.74 Å². The molecule has 1 heterocycles. The van der Waals surface area contributed by atoms with E-state index < -0.39 is 0 Å². The maximum Gasteiger partial charge on any atom is 0.170 e. The van der Waals surface area contributed by atoms with E-state index in [9.17, 15) is 9.59 Å². The lowest BCUT2D eigenvalue weighted by Gasteiger charge is -2.15. The number of rotatable bonds is 1. The second-order valence-electron chi connectivity index (χ2n) is 3.41. The van der Waals surface area contributed by atoms with Gasteiger partial charge in [0.25, 0.3) is 0 Å². The van der Waals surface area contributed by atoms with Gasteiger partial charge in [-0.05, 0) is 18.2 Å². The normalized spacial score (nSPS) is 13.1. The number of carbonyl (C=O) groups excluding carboxylic acids is 2. The lowest BCUT2D eigenvalue weighted by atomic mass is 10.0. The van der Waals surface area contributed by atoms with Crippen molar-refractivity contribution < 1.29 is 14.3 Å². The van der Waals surface area contributed by atoms with Crippen molar-refractivity contribution >= 4 is 12.1 Å². The predicted molar refractivity (Wildman–Crippen MR) is 58.4 cm³/mol. The Morgan fingerprint density at radius 2 is 2.31 bits per heavy atom. The molecule has 0 fully saturated rings. The number of ether oxygens (including phenoxy) is 1. The van der Waals surface area contributed by atoms with Crippen molar-refractivity contribution in [1.29, 1.82) is 0 Å². The largest absolute Gasteiger partial charge is 0.492 e. The van der Waals surface area contributed by atoms with Crippen LogP contribution in [0.4, 0.5) is 0 Å². The SMILES string of the molecule is O=CCC#Cc1ccc2c(c1)C(=O)CCO2. The third-order valence-corrected chi connectivity index (χ3v) is 2.28. The van der Waals surface area contributed by atoms with Crippen LogP contribution in [-0.2, 0) is 4.79 Å². The van der Waals surface area contributed by atoms with Gasteiger partial charge in [-0.2, -0.15) is 0 Å². The van der Waals surface area contributed by atoms with Gasteiger partial charge >= 0.3 is 0 Å². The van der Waals surface area contributed by atoms with Crippen molar-refractivity contribution in [2.75, 3.05) is 6.61 Å². The van der Waals surface area contributed by atoms with Crippen LogP contribution >= 0.6 is 0 Å². The monoisotopic (exact) mass is 214 g/mol. The molecule has 0 bridgehead atoms. The highest BCUT2D eigenvalue weighted by atomic mass is 16.5. The molecule has 3 heteroatoms. The third kappa shape index (κ3) is 2.12. The molecule has 0 unspecified atom stereocenters. The van der Waals surface area contributed by atoms with Gasteiger partial charge in [0.1, 0.15) is 12.0 Å². The van der Waals surface area contributed by atoms with Gasteiger partial charge < -0.3 is 9.53 Å². The first kappa shape index (κ1) is 10.4. The number of Topliss-reactive ketones (excluding diaryl/α,β-unsaturated/α-hetero) is 1. The predicted octanol–water partition coefficient (Wildman–Crippen LogP) is 1.59. The second kappa shape index (κ2) is 4.63. The van der Waals surface area contributed by atoms with Crippen molar-refractivity contribution in [3.05, 3.63) is 29.3 Å². The molecule has 1 aliphatic heterocycles. The van der Waals surface area contributed by atoms with Gasteiger partial charge in [-0.3, -0.25) is 4.79 Å². The minimum atomic E-state index is 0.0836. The fraction of sp³-hybridized carbons (Fsp3) is 0.231. The summed E-state index contributed by atoms with van der Waals surface area (Å²) in [7, 11) is 0. The molecule has 0 N–H and O–H groups in total. The number of ketones is 1. The van der Waals surface area contributed by atoms with Crippen LogP contribution in [0.3, 0.4) is 0 Å². The van der Waals surface area contributed by atoms with E-state index in [1.807, 2.05) is 0 Å². The summed E-state index contributed by atoms with van der Waals surface area (Å²) < 4.78 is 5.35. The zero-order valence-electron chi connectivity index (χ0n) is 8.66. The fourth-order valence-corrected chi connectivity index (χ4v) is 1.53. The molecule has 1 aromatic rings. The molecule has 0 saturated heterocycles. The average Bonchev–Trinajstić information content (AvgIpc) is 2.30. The number of hydrogen-bond acceptors (Lipinski definition) is 3. The molecular formula is C13H10O3. The highest BCUT2D eigenvalue weighted by Crippen LogP contribution is 2.25. The van der Waals surface area contributed by atoms with Gasteiger partial charge in [0.05, 0.1) is 18.6 Å². The maximum absolute atomic E-state index is 11.6. The molecule has 0 aliphatic carbocycles. The lowest BCUT2D eigenvalue weighted by molar-refractivity contribution is -0.107. The van der Waals surface area contributed by atoms with Crippen molar-refractivity contribution in [1.82, 2.24) is 0 Å². The molecule has 0 atom stereocenters. The molecule has 2 rings (SSSR count). The van der Waals surface area contributed by atoms with E-state index in [4.69, 9.17) is 4.74 Å². The standard InChI is InChI=1S/C13H10O3/c14-7-2-1-3-10-4-5-13-11(9-10)12(15)6-8-16-13/h4-5,7,9H,2,6,8H2. The van der Waals surface area contributed by atoms with Crippen molar-refractivity contribution in [3.63, 3.8) is 0 Å². The van der Waals surface area contributed by atoms with E-state index in [-0.39, 0.29) is 12.2 Å². The second-order valence-corrected chi connectivity index (χ2v) is 3.41. The van der Waals surface area contributed by atoms with E-state index in [1.165, 1.54) is 0 Å². The van der Waals surface area contributed by atoms with Crippen LogP contribution in [0.25, 0.3) is 0 Å². The van der Waals surface area contributed by atoms with Gasteiger partial charge in [0, 0.05) is 12.0 Å². The van der Waals surface area contributed by atoms with Gasteiger partial charge in [-0.25, -0.2) is 0 Å². The summed E-state index contributed by atoms with van der Waals surface area (Å²) in [6, 6.07) is 5.25.